The molecule has 3 rings (SSSR count). The second kappa shape index (κ2) is 6.83. The molecule has 0 aromatic heterocycles. The maximum Gasteiger partial charge on any atom is 0.209 e. The van der Waals surface area contributed by atoms with Gasteiger partial charge < -0.3 is 20.2 Å². The molecule has 0 aromatic carbocycles. The minimum atomic E-state index is -1.03. The number of nitrogens with zero attached hydrogens (tertiary/aromatic N) is 2. The third-order valence-corrected chi connectivity index (χ3v) is 5.82. The van der Waals surface area contributed by atoms with E-state index in [0.29, 0.717) is 31.0 Å². The van der Waals surface area contributed by atoms with Crippen molar-refractivity contribution in [3.05, 3.63) is 0 Å². The molecular formula is C16H28N2O4. The van der Waals surface area contributed by atoms with Crippen LogP contribution < -0.4 is 0 Å². The van der Waals surface area contributed by atoms with Gasteiger partial charge in [0.15, 0.2) is 0 Å². The first kappa shape index (κ1) is 16.2. The molecule has 0 aromatic rings. The number of hydrogen-bond donors (Lipinski definition) is 3. The van der Waals surface area contributed by atoms with Crippen molar-refractivity contribution < 1.29 is 20.1 Å². The lowest BCUT2D eigenvalue weighted by atomic mass is 9.74. The molecule has 3 aliphatic rings. The lowest BCUT2D eigenvalue weighted by Crippen LogP contribution is -2.57. The molecular weight excluding hydrogens is 284 g/mol. The quantitative estimate of drug-likeness (QED) is 0.605. The summed E-state index contributed by atoms with van der Waals surface area (Å²) in [6.07, 6.45) is 3.97. The van der Waals surface area contributed by atoms with E-state index in [9.17, 15) is 20.1 Å². The fourth-order valence-corrected chi connectivity index (χ4v) is 4.27. The largest absolute Gasteiger partial charge is 0.389 e. The molecule has 0 spiro atoms. The Bertz CT molecular complexity index is 378. The average molecular weight is 312 g/mol. The first-order valence-corrected chi connectivity index (χ1v) is 8.56. The monoisotopic (exact) mass is 312 g/mol. The Morgan fingerprint density at radius 2 is 1.73 bits per heavy atom. The second-order valence-corrected chi connectivity index (χ2v) is 7.34. The van der Waals surface area contributed by atoms with Crippen LogP contribution in [-0.4, -0.2) is 82.1 Å². The van der Waals surface area contributed by atoms with Gasteiger partial charge in [-0.15, -0.1) is 0 Å². The highest BCUT2D eigenvalue weighted by Crippen LogP contribution is 2.38. The topological polar surface area (TPSA) is 84.2 Å². The number of amides is 1. The molecule has 1 aliphatic carbocycles. The van der Waals surface area contributed by atoms with Gasteiger partial charge in [-0.05, 0) is 37.5 Å². The van der Waals surface area contributed by atoms with Gasteiger partial charge in [0.1, 0.15) is 6.10 Å². The highest BCUT2D eigenvalue weighted by Gasteiger charge is 2.38. The molecule has 22 heavy (non-hydrogen) atoms. The highest BCUT2D eigenvalue weighted by molar-refractivity contribution is 5.48. The number of aliphatic hydroxyl groups excluding tert-OH is 3. The summed E-state index contributed by atoms with van der Waals surface area (Å²) in [5, 5.41) is 29.2. The Morgan fingerprint density at radius 1 is 1.05 bits per heavy atom. The molecule has 126 valence electrons. The van der Waals surface area contributed by atoms with E-state index in [1.807, 2.05) is 4.90 Å². The van der Waals surface area contributed by atoms with Crippen molar-refractivity contribution in [1.82, 2.24) is 9.80 Å². The summed E-state index contributed by atoms with van der Waals surface area (Å²) >= 11 is 0. The predicted octanol–water partition coefficient (Wildman–Crippen LogP) is -0.578. The fraction of sp³-hybridized carbons (Fsp3) is 0.938. The summed E-state index contributed by atoms with van der Waals surface area (Å²) in [6.45, 7) is 2.48. The molecule has 0 bridgehead atoms. The van der Waals surface area contributed by atoms with Crippen molar-refractivity contribution in [3.63, 3.8) is 0 Å². The number of piperidine rings is 2. The zero-order valence-electron chi connectivity index (χ0n) is 13.0. The van der Waals surface area contributed by atoms with E-state index in [2.05, 4.69) is 4.90 Å². The summed E-state index contributed by atoms with van der Waals surface area (Å²) in [5.74, 6) is 1.16. The van der Waals surface area contributed by atoms with Crippen LogP contribution in [0.5, 0.6) is 0 Å². The van der Waals surface area contributed by atoms with Gasteiger partial charge in [-0.1, -0.05) is 6.42 Å². The summed E-state index contributed by atoms with van der Waals surface area (Å²) in [6, 6.07) is 0.371. The van der Waals surface area contributed by atoms with Gasteiger partial charge in [0.05, 0.1) is 12.2 Å². The van der Waals surface area contributed by atoms with E-state index < -0.39 is 18.3 Å². The molecule has 6 heteroatoms. The Hall–Kier alpha value is -0.690. The van der Waals surface area contributed by atoms with Crippen LogP contribution in [0.2, 0.25) is 0 Å². The number of hydrogen-bond acceptors (Lipinski definition) is 5. The van der Waals surface area contributed by atoms with Crippen LogP contribution in [0.3, 0.4) is 0 Å². The van der Waals surface area contributed by atoms with E-state index in [4.69, 9.17) is 0 Å². The first-order valence-electron chi connectivity index (χ1n) is 8.56. The lowest BCUT2D eigenvalue weighted by molar-refractivity contribution is -0.126. The van der Waals surface area contributed by atoms with Crippen molar-refractivity contribution in [2.75, 3.05) is 26.2 Å². The number of aliphatic hydroxyl groups is 3. The summed E-state index contributed by atoms with van der Waals surface area (Å²) < 4.78 is 0. The highest BCUT2D eigenvalue weighted by atomic mass is 16.4. The minimum Gasteiger partial charge on any atom is -0.389 e. The van der Waals surface area contributed by atoms with Crippen LogP contribution in [0, 0.1) is 11.8 Å². The van der Waals surface area contributed by atoms with Crippen LogP contribution in [-0.2, 0) is 4.79 Å². The van der Waals surface area contributed by atoms with Gasteiger partial charge in [-0.3, -0.25) is 9.69 Å². The Labute approximate surface area is 131 Å². The Balaban J connectivity index is 1.55. The number of likely N-dealkylation sites (tertiary alicyclic amines) is 2. The zero-order chi connectivity index (χ0) is 15.7. The molecule has 6 nitrogen and oxygen atoms in total. The van der Waals surface area contributed by atoms with Gasteiger partial charge in [0.25, 0.3) is 0 Å². The third kappa shape index (κ3) is 3.30. The van der Waals surface area contributed by atoms with Crippen LogP contribution in [0.1, 0.15) is 32.1 Å². The molecule has 2 heterocycles. The number of carbonyl (C=O) groups is 1. The van der Waals surface area contributed by atoms with Crippen molar-refractivity contribution in [2.24, 2.45) is 11.8 Å². The van der Waals surface area contributed by atoms with Crippen molar-refractivity contribution >= 4 is 6.41 Å². The lowest BCUT2D eigenvalue weighted by Gasteiger charge is -2.46. The first-order chi connectivity index (χ1) is 10.6. The van der Waals surface area contributed by atoms with Crippen LogP contribution >= 0.6 is 0 Å². The third-order valence-electron chi connectivity index (χ3n) is 5.82. The molecule has 4 unspecified atom stereocenters. The van der Waals surface area contributed by atoms with Crippen molar-refractivity contribution in [3.8, 4) is 0 Å². The SMILES string of the molecule is O=CN1CCC(CN2CC(O)C(O)C(O)C2)CC1C1CCC1. The summed E-state index contributed by atoms with van der Waals surface area (Å²) in [4.78, 5) is 15.3. The number of β-amino-alcohol motifs (C(OH)–C–C–N with tert-alkyl or cyclic N) is 2. The fourth-order valence-electron chi connectivity index (χ4n) is 4.27. The number of rotatable bonds is 4. The van der Waals surface area contributed by atoms with Gasteiger partial charge in [0, 0.05) is 32.2 Å². The van der Waals surface area contributed by atoms with Crippen LogP contribution in [0.4, 0.5) is 0 Å². The van der Waals surface area contributed by atoms with Crippen LogP contribution in [0.25, 0.3) is 0 Å². The summed E-state index contributed by atoms with van der Waals surface area (Å²) in [7, 11) is 0. The van der Waals surface area contributed by atoms with E-state index in [1.54, 1.807) is 0 Å². The molecule has 1 amide bonds. The maximum absolute atomic E-state index is 11.3. The second-order valence-electron chi connectivity index (χ2n) is 7.34. The van der Waals surface area contributed by atoms with Crippen LogP contribution in [0.15, 0.2) is 0 Å². The predicted molar refractivity (Wildman–Crippen MR) is 81.1 cm³/mol. The molecule has 0 radical (unpaired) electrons. The average Bonchev–Trinajstić information content (AvgIpc) is 2.43. The Kier molecular flexibility index (Phi) is 5.02. The zero-order valence-corrected chi connectivity index (χ0v) is 13.0. The molecule has 3 N–H and O–H groups in total. The van der Waals surface area contributed by atoms with E-state index in [0.717, 1.165) is 32.3 Å². The van der Waals surface area contributed by atoms with Gasteiger partial charge in [-0.2, -0.15) is 0 Å². The molecule has 2 aliphatic heterocycles. The summed E-state index contributed by atoms with van der Waals surface area (Å²) in [5.41, 5.74) is 0. The number of carbonyl (C=O) groups excluding carboxylic acids is 1. The standard InChI is InChI=1S/C16H28N2O4/c19-10-18-5-4-11(6-13(18)12-2-1-3-12)7-17-8-14(20)16(22)15(21)9-17/h10-16,20-22H,1-9H2. The smallest absolute Gasteiger partial charge is 0.209 e. The normalized spacial score (nSPS) is 41.2. The molecule has 3 fully saturated rings. The maximum atomic E-state index is 11.3. The van der Waals surface area contributed by atoms with E-state index in [-0.39, 0.29) is 0 Å². The van der Waals surface area contributed by atoms with E-state index in [1.165, 1.54) is 19.3 Å². The van der Waals surface area contributed by atoms with Crippen molar-refractivity contribution in [1.29, 1.82) is 0 Å². The molecule has 2 saturated heterocycles. The molecule has 1 saturated carbocycles. The Morgan fingerprint density at radius 3 is 2.27 bits per heavy atom. The van der Waals surface area contributed by atoms with Gasteiger partial charge in [0.2, 0.25) is 6.41 Å². The van der Waals surface area contributed by atoms with Gasteiger partial charge in [-0.25, -0.2) is 0 Å². The van der Waals surface area contributed by atoms with E-state index >= 15 is 0 Å². The minimum absolute atomic E-state index is 0.371. The van der Waals surface area contributed by atoms with Crippen molar-refractivity contribution in [2.45, 2.75) is 56.5 Å². The molecule has 4 atom stereocenters. The van der Waals surface area contributed by atoms with Gasteiger partial charge >= 0.3 is 0 Å².